The second-order valence-electron chi connectivity index (χ2n) is 4.69. The topological polar surface area (TPSA) is 83.6 Å². The van der Waals surface area contributed by atoms with Gasteiger partial charge in [-0.2, -0.15) is 0 Å². The molecule has 1 fully saturated rings. The fourth-order valence-electron chi connectivity index (χ4n) is 2.15. The second kappa shape index (κ2) is 4.47. The molecule has 1 aromatic carbocycles. The van der Waals surface area contributed by atoms with Gasteiger partial charge in [0, 0.05) is 12.0 Å². The Morgan fingerprint density at radius 2 is 2.18 bits per heavy atom. The minimum atomic E-state index is -0.904. The number of benzene rings is 1. The molecule has 1 aliphatic carbocycles. The largest absolute Gasteiger partial charge is 0.481 e. The monoisotopic (exact) mass is 235 g/mol. The van der Waals surface area contributed by atoms with Crippen LogP contribution in [0, 0.1) is 0 Å². The lowest BCUT2D eigenvalue weighted by Gasteiger charge is -2.16. The molecule has 1 saturated carbocycles. The number of carbonyl (C=O) groups is 1. The third-order valence-electron chi connectivity index (χ3n) is 3.59. The lowest BCUT2D eigenvalue weighted by Crippen LogP contribution is -2.22. The van der Waals surface area contributed by atoms with Crippen LogP contribution in [0.2, 0.25) is 0 Å². The Morgan fingerprint density at radius 1 is 1.47 bits per heavy atom. The van der Waals surface area contributed by atoms with Gasteiger partial charge in [-0.25, -0.2) is 0 Å². The molecule has 1 atom stereocenters. The minimum absolute atomic E-state index is 0.0882. The van der Waals surface area contributed by atoms with Crippen molar-refractivity contribution < 1.29 is 15.0 Å². The molecular formula is C13H17NO3. The fraction of sp³-hybridized carbons (Fsp3) is 0.462. The Morgan fingerprint density at radius 3 is 2.65 bits per heavy atom. The first-order valence-electron chi connectivity index (χ1n) is 5.77. The first-order valence-corrected chi connectivity index (χ1v) is 5.77. The number of aliphatic hydroxyl groups is 1. The smallest absolute Gasteiger partial charge is 0.312 e. The Kier molecular flexibility index (Phi) is 3.17. The maximum Gasteiger partial charge on any atom is 0.312 e. The van der Waals surface area contributed by atoms with Gasteiger partial charge in [0.1, 0.15) is 0 Å². The van der Waals surface area contributed by atoms with E-state index in [1.807, 2.05) is 18.2 Å². The summed E-state index contributed by atoms with van der Waals surface area (Å²) in [7, 11) is 0. The van der Waals surface area contributed by atoms with Gasteiger partial charge >= 0.3 is 5.97 Å². The maximum absolute atomic E-state index is 11.0. The fourth-order valence-corrected chi connectivity index (χ4v) is 2.15. The highest BCUT2D eigenvalue weighted by molar-refractivity contribution is 5.76. The predicted molar refractivity (Wildman–Crippen MR) is 63.9 cm³/mol. The molecule has 1 aliphatic rings. The quantitative estimate of drug-likeness (QED) is 0.706. The molecule has 92 valence electrons. The van der Waals surface area contributed by atoms with E-state index in [1.165, 1.54) is 0 Å². The summed E-state index contributed by atoms with van der Waals surface area (Å²) in [6.07, 6.45) is 1.93. The van der Waals surface area contributed by atoms with Crippen LogP contribution in [-0.2, 0) is 10.2 Å². The summed E-state index contributed by atoms with van der Waals surface area (Å²) in [5.41, 5.74) is 7.10. The highest BCUT2D eigenvalue weighted by atomic mass is 16.4. The van der Waals surface area contributed by atoms with Crippen molar-refractivity contribution in [3.05, 3.63) is 35.4 Å². The number of aliphatic carboxylic acids is 1. The lowest BCUT2D eigenvalue weighted by molar-refractivity contribution is -0.138. The number of carboxylic acids is 1. The summed E-state index contributed by atoms with van der Waals surface area (Å²) < 4.78 is 0. The van der Waals surface area contributed by atoms with Crippen molar-refractivity contribution in [1.82, 2.24) is 0 Å². The molecule has 0 aromatic heterocycles. The number of carboxylic acid groups (broad SMARTS) is 1. The van der Waals surface area contributed by atoms with Gasteiger partial charge in [0.25, 0.3) is 0 Å². The first-order chi connectivity index (χ1) is 8.13. The van der Waals surface area contributed by atoms with E-state index in [9.17, 15) is 9.90 Å². The SMILES string of the molecule is NCC(C(=O)O)c1cccc(C2(CO)CC2)c1. The molecule has 4 heteroatoms. The van der Waals surface area contributed by atoms with Crippen LogP contribution >= 0.6 is 0 Å². The second-order valence-corrected chi connectivity index (χ2v) is 4.69. The molecule has 0 spiro atoms. The van der Waals surface area contributed by atoms with Gasteiger partial charge in [0.2, 0.25) is 0 Å². The molecule has 0 bridgehead atoms. The van der Waals surface area contributed by atoms with E-state index < -0.39 is 11.9 Å². The van der Waals surface area contributed by atoms with E-state index >= 15 is 0 Å². The van der Waals surface area contributed by atoms with Crippen LogP contribution in [0.3, 0.4) is 0 Å². The average Bonchev–Trinajstić information content (AvgIpc) is 3.11. The summed E-state index contributed by atoms with van der Waals surface area (Å²) in [6.45, 7) is 0.210. The summed E-state index contributed by atoms with van der Waals surface area (Å²) in [5, 5.41) is 18.4. The molecule has 1 aromatic rings. The van der Waals surface area contributed by atoms with Crippen molar-refractivity contribution in [3.63, 3.8) is 0 Å². The maximum atomic E-state index is 11.0. The molecule has 0 amide bonds. The lowest BCUT2D eigenvalue weighted by atomic mass is 9.91. The van der Waals surface area contributed by atoms with E-state index in [-0.39, 0.29) is 18.6 Å². The van der Waals surface area contributed by atoms with E-state index in [2.05, 4.69) is 0 Å². The van der Waals surface area contributed by atoms with E-state index in [0.29, 0.717) is 0 Å². The van der Waals surface area contributed by atoms with Crippen LogP contribution in [0.25, 0.3) is 0 Å². The Bertz CT molecular complexity index is 426. The summed E-state index contributed by atoms with van der Waals surface area (Å²) in [6, 6.07) is 7.44. The molecule has 4 nitrogen and oxygen atoms in total. The zero-order valence-corrected chi connectivity index (χ0v) is 9.60. The van der Waals surface area contributed by atoms with Crippen molar-refractivity contribution in [1.29, 1.82) is 0 Å². The van der Waals surface area contributed by atoms with E-state index in [1.54, 1.807) is 6.07 Å². The van der Waals surface area contributed by atoms with Gasteiger partial charge in [-0.3, -0.25) is 4.79 Å². The number of hydrogen-bond donors (Lipinski definition) is 3. The minimum Gasteiger partial charge on any atom is -0.481 e. The standard InChI is InChI=1S/C13H17NO3/c14-7-11(12(16)17)9-2-1-3-10(6-9)13(8-15)4-5-13/h1-3,6,11,15H,4-5,7-8,14H2,(H,16,17). The average molecular weight is 235 g/mol. The Hall–Kier alpha value is -1.39. The third-order valence-corrected chi connectivity index (χ3v) is 3.59. The van der Waals surface area contributed by atoms with Gasteiger partial charge in [-0.1, -0.05) is 24.3 Å². The van der Waals surface area contributed by atoms with E-state index in [0.717, 1.165) is 24.0 Å². The molecule has 1 unspecified atom stereocenters. The number of nitrogens with two attached hydrogens (primary N) is 1. The normalized spacial score (nSPS) is 18.7. The third kappa shape index (κ3) is 2.18. The molecule has 17 heavy (non-hydrogen) atoms. The van der Waals surface area contributed by atoms with Gasteiger partial charge < -0.3 is 15.9 Å². The number of aliphatic hydroxyl groups excluding tert-OH is 1. The Balaban J connectivity index is 2.31. The first kappa shape index (κ1) is 12.1. The van der Waals surface area contributed by atoms with E-state index in [4.69, 9.17) is 10.8 Å². The summed E-state index contributed by atoms with van der Waals surface area (Å²) >= 11 is 0. The highest BCUT2D eigenvalue weighted by Gasteiger charge is 2.43. The van der Waals surface area contributed by atoms with Crippen LogP contribution in [0.1, 0.15) is 29.9 Å². The zero-order valence-electron chi connectivity index (χ0n) is 9.60. The van der Waals surface area contributed by atoms with Gasteiger partial charge in [-0.15, -0.1) is 0 Å². The summed E-state index contributed by atoms with van der Waals surface area (Å²) in [5.74, 6) is -1.57. The molecular weight excluding hydrogens is 218 g/mol. The van der Waals surface area contributed by atoms with Crippen molar-refractivity contribution in [3.8, 4) is 0 Å². The number of rotatable bonds is 5. The predicted octanol–water partition coefficient (Wildman–Crippen LogP) is 0.837. The Labute approximate surface area is 100 Å². The van der Waals surface area contributed by atoms with Crippen molar-refractivity contribution in [2.45, 2.75) is 24.2 Å². The molecule has 4 N–H and O–H groups in total. The van der Waals surface area contributed by atoms with Gasteiger partial charge in [0.05, 0.1) is 12.5 Å². The zero-order chi connectivity index (χ0) is 12.5. The van der Waals surface area contributed by atoms with Crippen LogP contribution in [0.4, 0.5) is 0 Å². The molecule has 0 saturated heterocycles. The van der Waals surface area contributed by atoms with Crippen LogP contribution < -0.4 is 5.73 Å². The molecule has 0 heterocycles. The molecule has 2 rings (SSSR count). The van der Waals surface area contributed by atoms with Crippen LogP contribution in [0.5, 0.6) is 0 Å². The van der Waals surface area contributed by atoms with Gasteiger partial charge in [0.15, 0.2) is 0 Å². The molecule has 0 radical (unpaired) electrons. The van der Waals surface area contributed by atoms with Crippen LogP contribution in [0.15, 0.2) is 24.3 Å². The van der Waals surface area contributed by atoms with Crippen molar-refractivity contribution >= 4 is 5.97 Å². The molecule has 0 aliphatic heterocycles. The van der Waals surface area contributed by atoms with Crippen molar-refractivity contribution in [2.24, 2.45) is 5.73 Å². The van der Waals surface area contributed by atoms with Crippen LogP contribution in [-0.4, -0.2) is 29.3 Å². The van der Waals surface area contributed by atoms with Gasteiger partial charge in [-0.05, 0) is 24.0 Å². The van der Waals surface area contributed by atoms with Crippen molar-refractivity contribution in [2.75, 3.05) is 13.2 Å². The summed E-state index contributed by atoms with van der Waals surface area (Å²) in [4.78, 5) is 11.0. The number of hydrogen-bond acceptors (Lipinski definition) is 3. The highest BCUT2D eigenvalue weighted by Crippen LogP contribution is 2.48.